The summed E-state index contributed by atoms with van der Waals surface area (Å²) in [6.45, 7) is -0.379. The summed E-state index contributed by atoms with van der Waals surface area (Å²) in [5, 5.41) is 6.14. The molecule has 0 aromatic heterocycles. The second-order valence-corrected chi connectivity index (χ2v) is 5.50. The van der Waals surface area contributed by atoms with Gasteiger partial charge in [-0.2, -0.15) is 8.78 Å². The molecule has 1 amide bonds. The summed E-state index contributed by atoms with van der Waals surface area (Å²) < 4.78 is 34.1. The Bertz CT molecular complexity index is 526. The summed E-state index contributed by atoms with van der Waals surface area (Å²) in [4.78, 5) is 12.1. The number of carbonyl (C=O) groups is 1. The Morgan fingerprint density at radius 1 is 1.42 bits per heavy atom. The molecular formula is C16H23ClF2N2O3. The molecule has 24 heavy (non-hydrogen) atoms. The van der Waals surface area contributed by atoms with Crippen LogP contribution in [0.3, 0.4) is 0 Å². The Balaban J connectivity index is 0.00000288. The minimum Gasteiger partial charge on any atom is -0.493 e. The van der Waals surface area contributed by atoms with Crippen molar-refractivity contribution in [2.24, 2.45) is 5.92 Å². The molecule has 1 aromatic carbocycles. The average Bonchev–Trinajstić information content (AvgIpc) is 2.55. The summed E-state index contributed by atoms with van der Waals surface area (Å²) in [7, 11) is 1.35. The zero-order valence-corrected chi connectivity index (χ0v) is 14.3. The number of piperidine rings is 1. The van der Waals surface area contributed by atoms with E-state index in [1.165, 1.54) is 25.3 Å². The van der Waals surface area contributed by atoms with E-state index in [4.69, 9.17) is 4.74 Å². The lowest BCUT2D eigenvalue weighted by atomic mass is 9.96. The van der Waals surface area contributed by atoms with Crippen molar-refractivity contribution < 1.29 is 23.0 Å². The fraction of sp³-hybridized carbons (Fsp3) is 0.562. The molecular weight excluding hydrogens is 342 g/mol. The van der Waals surface area contributed by atoms with E-state index in [0.717, 1.165) is 32.4 Å². The molecule has 136 valence electrons. The maximum Gasteiger partial charge on any atom is 0.387 e. The van der Waals surface area contributed by atoms with Crippen molar-refractivity contribution in [3.8, 4) is 11.5 Å². The molecule has 5 nitrogen and oxygen atoms in total. The molecule has 1 aliphatic rings. The van der Waals surface area contributed by atoms with Crippen molar-refractivity contribution in [3.63, 3.8) is 0 Å². The monoisotopic (exact) mass is 364 g/mol. The van der Waals surface area contributed by atoms with E-state index in [2.05, 4.69) is 15.4 Å². The molecule has 2 N–H and O–H groups in total. The van der Waals surface area contributed by atoms with Gasteiger partial charge in [0.05, 0.1) is 7.11 Å². The number of halogens is 3. The van der Waals surface area contributed by atoms with Crippen LogP contribution < -0.4 is 20.1 Å². The third kappa shape index (κ3) is 6.13. The van der Waals surface area contributed by atoms with Crippen LogP contribution in [-0.4, -0.2) is 39.3 Å². The van der Waals surface area contributed by atoms with Crippen LogP contribution in [-0.2, 0) is 0 Å². The molecule has 1 unspecified atom stereocenters. The predicted molar refractivity (Wildman–Crippen MR) is 89.4 cm³/mol. The van der Waals surface area contributed by atoms with Crippen LogP contribution >= 0.6 is 12.4 Å². The highest BCUT2D eigenvalue weighted by Crippen LogP contribution is 2.29. The van der Waals surface area contributed by atoms with Gasteiger partial charge in [-0.3, -0.25) is 4.79 Å². The topological polar surface area (TPSA) is 59.6 Å². The summed E-state index contributed by atoms with van der Waals surface area (Å²) in [6.07, 6.45) is 3.22. The Labute approximate surface area is 146 Å². The van der Waals surface area contributed by atoms with E-state index < -0.39 is 6.61 Å². The van der Waals surface area contributed by atoms with Crippen LogP contribution in [0.2, 0.25) is 0 Å². The highest BCUT2D eigenvalue weighted by atomic mass is 35.5. The number of alkyl halides is 2. The Morgan fingerprint density at radius 2 is 2.21 bits per heavy atom. The first-order valence-electron chi connectivity index (χ1n) is 7.72. The summed E-state index contributed by atoms with van der Waals surface area (Å²) >= 11 is 0. The number of carbonyl (C=O) groups excluding carboxylic acids is 1. The minimum atomic E-state index is -2.97. The molecule has 1 atom stereocenters. The number of nitrogens with one attached hydrogen (secondary N) is 2. The third-order valence-corrected chi connectivity index (χ3v) is 3.88. The van der Waals surface area contributed by atoms with E-state index in [9.17, 15) is 13.6 Å². The molecule has 1 heterocycles. The standard InChI is InChI=1S/C16H22F2N2O3.ClH/c1-22-13-5-4-12(9-14(13)23-16(17)18)15(21)20-8-6-11-3-2-7-19-10-11;/h4-5,9,11,16,19H,2-3,6-8,10H2,1H3,(H,20,21);1H. The second kappa shape index (κ2) is 10.3. The molecule has 0 saturated carbocycles. The SMILES string of the molecule is COc1ccc(C(=O)NCCC2CCCNC2)cc1OC(F)F.Cl. The van der Waals surface area contributed by atoms with E-state index in [0.29, 0.717) is 12.5 Å². The van der Waals surface area contributed by atoms with Crippen LogP contribution in [0.25, 0.3) is 0 Å². The second-order valence-electron chi connectivity index (χ2n) is 5.50. The number of hydrogen-bond donors (Lipinski definition) is 2. The van der Waals surface area contributed by atoms with Gasteiger partial charge in [0.1, 0.15) is 0 Å². The Kier molecular flexibility index (Phi) is 8.78. The first-order chi connectivity index (χ1) is 11.1. The van der Waals surface area contributed by atoms with Crippen molar-refractivity contribution >= 4 is 18.3 Å². The molecule has 0 bridgehead atoms. The van der Waals surface area contributed by atoms with Crippen molar-refractivity contribution in [2.45, 2.75) is 25.9 Å². The van der Waals surface area contributed by atoms with Crippen molar-refractivity contribution in [3.05, 3.63) is 23.8 Å². The van der Waals surface area contributed by atoms with Crippen LogP contribution in [0.1, 0.15) is 29.6 Å². The van der Waals surface area contributed by atoms with Gasteiger partial charge in [-0.1, -0.05) is 0 Å². The van der Waals surface area contributed by atoms with Gasteiger partial charge in [0.2, 0.25) is 0 Å². The lowest BCUT2D eigenvalue weighted by Gasteiger charge is -2.22. The summed E-state index contributed by atoms with van der Waals surface area (Å²) in [5.41, 5.74) is 0.267. The molecule has 0 spiro atoms. The fourth-order valence-electron chi connectivity index (χ4n) is 2.67. The zero-order valence-electron chi connectivity index (χ0n) is 13.5. The lowest BCUT2D eigenvalue weighted by molar-refractivity contribution is -0.0512. The quantitative estimate of drug-likeness (QED) is 0.781. The molecule has 1 aromatic rings. The van der Waals surface area contributed by atoms with Gasteiger partial charge in [0.25, 0.3) is 5.91 Å². The number of hydrogen-bond acceptors (Lipinski definition) is 4. The van der Waals surface area contributed by atoms with Gasteiger partial charge in [-0.05, 0) is 56.5 Å². The van der Waals surface area contributed by atoms with Gasteiger partial charge in [-0.25, -0.2) is 0 Å². The maximum absolute atomic E-state index is 12.4. The van der Waals surface area contributed by atoms with Gasteiger partial charge < -0.3 is 20.1 Å². The smallest absolute Gasteiger partial charge is 0.387 e. The Hall–Kier alpha value is -1.60. The molecule has 0 aliphatic carbocycles. The Morgan fingerprint density at radius 3 is 2.83 bits per heavy atom. The van der Waals surface area contributed by atoms with Crippen LogP contribution in [0.4, 0.5) is 8.78 Å². The zero-order chi connectivity index (χ0) is 16.7. The molecule has 0 radical (unpaired) electrons. The van der Waals surface area contributed by atoms with Gasteiger partial charge in [0, 0.05) is 12.1 Å². The molecule has 2 rings (SSSR count). The van der Waals surface area contributed by atoms with Crippen molar-refractivity contribution in [2.75, 3.05) is 26.7 Å². The maximum atomic E-state index is 12.4. The van der Waals surface area contributed by atoms with Gasteiger partial charge >= 0.3 is 6.61 Å². The molecule has 1 aliphatic heterocycles. The minimum absolute atomic E-state index is 0. The van der Waals surface area contributed by atoms with E-state index in [-0.39, 0.29) is 35.4 Å². The third-order valence-electron chi connectivity index (χ3n) is 3.88. The number of benzene rings is 1. The van der Waals surface area contributed by atoms with Crippen molar-refractivity contribution in [1.82, 2.24) is 10.6 Å². The normalized spacial score (nSPS) is 17.1. The lowest BCUT2D eigenvalue weighted by Crippen LogP contribution is -2.33. The fourth-order valence-corrected chi connectivity index (χ4v) is 2.67. The van der Waals surface area contributed by atoms with E-state index in [1.807, 2.05) is 0 Å². The van der Waals surface area contributed by atoms with Gasteiger partial charge in [-0.15, -0.1) is 12.4 Å². The van der Waals surface area contributed by atoms with Crippen LogP contribution in [0.5, 0.6) is 11.5 Å². The molecule has 1 fully saturated rings. The number of ether oxygens (including phenoxy) is 2. The molecule has 1 saturated heterocycles. The number of rotatable bonds is 7. The largest absolute Gasteiger partial charge is 0.493 e. The summed E-state index contributed by atoms with van der Waals surface area (Å²) in [5.74, 6) is 0.273. The van der Waals surface area contributed by atoms with E-state index >= 15 is 0 Å². The molecule has 8 heteroatoms. The highest BCUT2D eigenvalue weighted by molar-refractivity contribution is 5.94. The van der Waals surface area contributed by atoms with Crippen molar-refractivity contribution in [1.29, 1.82) is 0 Å². The van der Waals surface area contributed by atoms with Gasteiger partial charge in [0.15, 0.2) is 11.5 Å². The van der Waals surface area contributed by atoms with Crippen LogP contribution in [0.15, 0.2) is 18.2 Å². The number of amides is 1. The first-order valence-corrected chi connectivity index (χ1v) is 7.72. The average molecular weight is 365 g/mol. The van der Waals surface area contributed by atoms with Crippen LogP contribution in [0, 0.1) is 5.92 Å². The van der Waals surface area contributed by atoms with E-state index in [1.54, 1.807) is 0 Å². The first kappa shape index (κ1) is 20.4. The predicted octanol–water partition coefficient (Wildman–Crippen LogP) is 2.84. The number of methoxy groups -OCH3 is 1. The highest BCUT2D eigenvalue weighted by Gasteiger charge is 2.16. The summed E-state index contributed by atoms with van der Waals surface area (Å²) in [6, 6.07) is 4.23.